The minimum absolute atomic E-state index is 0.0959. The first kappa shape index (κ1) is 15.1. The number of hydrogen-bond acceptors (Lipinski definition) is 4. The van der Waals surface area contributed by atoms with Gasteiger partial charge < -0.3 is 13.7 Å². The van der Waals surface area contributed by atoms with Crippen molar-refractivity contribution in [3.05, 3.63) is 77.4 Å². The number of furan rings is 2. The Morgan fingerprint density at radius 2 is 2.04 bits per heavy atom. The molecular formula is C18H18N2O3. The van der Waals surface area contributed by atoms with Gasteiger partial charge in [-0.3, -0.25) is 9.78 Å². The van der Waals surface area contributed by atoms with Gasteiger partial charge in [-0.15, -0.1) is 0 Å². The second kappa shape index (κ2) is 6.52. The molecule has 0 saturated carbocycles. The molecule has 0 unspecified atom stereocenters. The first-order valence-corrected chi connectivity index (χ1v) is 7.42. The van der Waals surface area contributed by atoms with Crippen molar-refractivity contribution in [1.29, 1.82) is 0 Å². The monoisotopic (exact) mass is 310 g/mol. The molecule has 5 heteroatoms. The van der Waals surface area contributed by atoms with Crippen molar-refractivity contribution in [3.63, 3.8) is 0 Å². The fourth-order valence-corrected chi connectivity index (χ4v) is 2.49. The Morgan fingerprint density at radius 3 is 2.65 bits per heavy atom. The van der Waals surface area contributed by atoms with E-state index in [-0.39, 0.29) is 5.91 Å². The van der Waals surface area contributed by atoms with Gasteiger partial charge in [-0.1, -0.05) is 6.07 Å². The number of carbonyl (C=O) groups is 1. The summed E-state index contributed by atoms with van der Waals surface area (Å²) in [5, 5.41) is 0. The second-order valence-electron chi connectivity index (χ2n) is 5.39. The standard InChI is InChI=1S/C18H18N2O3/c1-13-10-17(14(2)23-13)18(21)20(12-16-7-5-9-22-16)11-15-6-3-4-8-19-15/h3-10H,11-12H2,1-2H3. The lowest BCUT2D eigenvalue weighted by atomic mass is 10.2. The Bertz CT molecular complexity index is 776. The zero-order valence-corrected chi connectivity index (χ0v) is 13.2. The Hall–Kier alpha value is -2.82. The van der Waals surface area contributed by atoms with Gasteiger partial charge in [0.2, 0.25) is 0 Å². The maximum Gasteiger partial charge on any atom is 0.258 e. The normalized spacial score (nSPS) is 10.7. The van der Waals surface area contributed by atoms with Gasteiger partial charge in [0.05, 0.1) is 30.6 Å². The molecule has 0 N–H and O–H groups in total. The van der Waals surface area contributed by atoms with Crippen molar-refractivity contribution in [2.45, 2.75) is 26.9 Å². The van der Waals surface area contributed by atoms with Gasteiger partial charge in [-0.25, -0.2) is 0 Å². The molecule has 0 atom stereocenters. The summed E-state index contributed by atoms with van der Waals surface area (Å²) in [7, 11) is 0. The summed E-state index contributed by atoms with van der Waals surface area (Å²) in [6.45, 7) is 4.42. The quantitative estimate of drug-likeness (QED) is 0.720. The van der Waals surface area contributed by atoms with Crippen LogP contribution in [-0.2, 0) is 13.1 Å². The van der Waals surface area contributed by atoms with Crippen molar-refractivity contribution >= 4 is 5.91 Å². The molecule has 23 heavy (non-hydrogen) atoms. The van der Waals surface area contributed by atoms with E-state index in [4.69, 9.17) is 8.83 Å². The molecule has 0 aromatic carbocycles. The molecule has 3 aromatic heterocycles. The average Bonchev–Trinajstić information content (AvgIpc) is 3.16. The van der Waals surface area contributed by atoms with E-state index in [0.29, 0.717) is 24.4 Å². The number of aromatic nitrogens is 1. The smallest absolute Gasteiger partial charge is 0.258 e. The number of hydrogen-bond donors (Lipinski definition) is 0. The van der Waals surface area contributed by atoms with Crippen LogP contribution >= 0.6 is 0 Å². The van der Waals surface area contributed by atoms with Crippen LogP contribution in [0.15, 0.2) is 57.7 Å². The molecule has 118 valence electrons. The number of amides is 1. The molecule has 0 aliphatic rings. The molecule has 0 radical (unpaired) electrons. The Balaban J connectivity index is 1.87. The molecule has 3 rings (SSSR count). The van der Waals surface area contributed by atoms with Crippen molar-refractivity contribution in [2.75, 3.05) is 0 Å². The van der Waals surface area contributed by atoms with Gasteiger partial charge in [0.1, 0.15) is 17.3 Å². The lowest BCUT2D eigenvalue weighted by Crippen LogP contribution is -2.30. The summed E-state index contributed by atoms with van der Waals surface area (Å²) >= 11 is 0. The van der Waals surface area contributed by atoms with Crippen LogP contribution in [0, 0.1) is 13.8 Å². The summed E-state index contributed by atoms with van der Waals surface area (Å²) in [6, 6.07) is 11.1. The number of pyridine rings is 1. The number of aryl methyl sites for hydroxylation is 2. The van der Waals surface area contributed by atoms with Crippen LogP contribution in [0.2, 0.25) is 0 Å². The number of nitrogens with zero attached hydrogens (tertiary/aromatic N) is 2. The molecule has 0 fully saturated rings. The molecule has 0 spiro atoms. The minimum atomic E-state index is -0.0959. The van der Waals surface area contributed by atoms with Gasteiger partial charge in [-0.2, -0.15) is 0 Å². The molecule has 3 aromatic rings. The average molecular weight is 310 g/mol. The van der Waals surface area contributed by atoms with E-state index in [1.54, 1.807) is 30.4 Å². The number of rotatable bonds is 5. The summed E-state index contributed by atoms with van der Waals surface area (Å²) in [5.41, 5.74) is 1.40. The first-order chi connectivity index (χ1) is 11.1. The first-order valence-electron chi connectivity index (χ1n) is 7.42. The lowest BCUT2D eigenvalue weighted by molar-refractivity contribution is 0.0713. The molecule has 5 nitrogen and oxygen atoms in total. The number of carbonyl (C=O) groups excluding carboxylic acids is 1. The van der Waals surface area contributed by atoms with Crippen LogP contribution in [0.1, 0.15) is 33.3 Å². The topological polar surface area (TPSA) is 59.5 Å². The van der Waals surface area contributed by atoms with Crippen molar-refractivity contribution in [2.24, 2.45) is 0 Å². The van der Waals surface area contributed by atoms with E-state index in [9.17, 15) is 4.79 Å². The third-order valence-electron chi connectivity index (χ3n) is 3.56. The van der Waals surface area contributed by atoms with Crippen LogP contribution in [0.3, 0.4) is 0 Å². The fraction of sp³-hybridized carbons (Fsp3) is 0.222. The Kier molecular flexibility index (Phi) is 4.28. The van der Waals surface area contributed by atoms with Crippen LogP contribution < -0.4 is 0 Å². The highest BCUT2D eigenvalue weighted by Gasteiger charge is 2.22. The zero-order valence-electron chi connectivity index (χ0n) is 13.2. The molecular weight excluding hydrogens is 292 g/mol. The van der Waals surface area contributed by atoms with Gasteiger partial charge >= 0.3 is 0 Å². The van der Waals surface area contributed by atoms with Gasteiger partial charge in [-0.05, 0) is 44.2 Å². The molecule has 1 amide bonds. The van der Waals surface area contributed by atoms with Gasteiger partial charge in [0.15, 0.2) is 0 Å². The van der Waals surface area contributed by atoms with Crippen molar-refractivity contribution in [1.82, 2.24) is 9.88 Å². The molecule has 0 aliphatic heterocycles. The lowest BCUT2D eigenvalue weighted by Gasteiger charge is -2.21. The predicted octanol–water partition coefficient (Wildman–Crippen LogP) is 3.73. The Labute approximate surface area is 134 Å². The van der Waals surface area contributed by atoms with Gasteiger partial charge in [0, 0.05) is 6.20 Å². The predicted molar refractivity (Wildman–Crippen MR) is 84.7 cm³/mol. The van der Waals surface area contributed by atoms with Crippen LogP contribution in [0.5, 0.6) is 0 Å². The highest BCUT2D eigenvalue weighted by atomic mass is 16.3. The van der Waals surface area contributed by atoms with E-state index in [0.717, 1.165) is 17.2 Å². The molecule has 0 saturated heterocycles. The molecule has 0 aliphatic carbocycles. The van der Waals surface area contributed by atoms with Gasteiger partial charge in [0.25, 0.3) is 5.91 Å². The van der Waals surface area contributed by atoms with E-state index in [2.05, 4.69) is 4.98 Å². The van der Waals surface area contributed by atoms with E-state index >= 15 is 0 Å². The third-order valence-corrected chi connectivity index (χ3v) is 3.56. The third kappa shape index (κ3) is 3.51. The summed E-state index contributed by atoms with van der Waals surface area (Å²) < 4.78 is 10.9. The fourth-order valence-electron chi connectivity index (χ4n) is 2.49. The largest absolute Gasteiger partial charge is 0.467 e. The summed E-state index contributed by atoms with van der Waals surface area (Å²) in [6.07, 6.45) is 3.32. The summed E-state index contributed by atoms with van der Waals surface area (Å²) in [4.78, 5) is 18.9. The van der Waals surface area contributed by atoms with E-state index in [1.807, 2.05) is 37.3 Å². The SMILES string of the molecule is Cc1cc(C(=O)N(Cc2ccccn2)Cc2ccco2)c(C)o1. The maximum absolute atomic E-state index is 12.9. The molecule has 0 bridgehead atoms. The highest BCUT2D eigenvalue weighted by molar-refractivity contribution is 5.95. The zero-order chi connectivity index (χ0) is 16.2. The molecule has 3 heterocycles. The highest BCUT2D eigenvalue weighted by Crippen LogP contribution is 2.19. The van der Waals surface area contributed by atoms with Crippen LogP contribution in [0.4, 0.5) is 0 Å². The maximum atomic E-state index is 12.9. The van der Waals surface area contributed by atoms with Crippen LogP contribution in [0.25, 0.3) is 0 Å². The second-order valence-corrected chi connectivity index (χ2v) is 5.39. The Morgan fingerprint density at radius 1 is 1.17 bits per heavy atom. The van der Waals surface area contributed by atoms with E-state index < -0.39 is 0 Å². The van der Waals surface area contributed by atoms with E-state index in [1.165, 1.54) is 0 Å². The van der Waals surface area contributed by atoms with Crippen molar-refractivity contribution < 1.29 is 13.6 Å². The summed E-state index contributed by atoms with van der Waals surface area (Å²) in [5.74, 6) is 1.98. The minimum Gasteiger partial charge on any atom is -0.467 e. The van der Waals surface area contributed by atoms with Crippen molar-refractivity contribution in [3.8, 4) is 0 Å². The van der Waals surface area contributed by atoms with Crippen LogP contribution in [-0.4, -0.2) is 15.8 Å².